The van der Waals surface area contributed by atoms with Crippen molar-refractivity contribution in [3.05, 3.63) is 29.8 Å². The zero-order valence-electron chi connectivity index (χ0n) is 4.96. The van der Waals surface area contributed by atoms with Crippen molar-refractivity contribution >= 4 is 5.69 Å². The Hall–Kier alpha value is -1.02. The Morgan fingerprint density at radius 3 is 2.67 bits per heavy atom. The van der Waals surface area contributed by atoms with E-state index in [4.69, 9.17) is 10.8 Å². The SMILES string of the molecule is [NH]c1cccc(CO)c1. The van der Waals surface area contributed by atoms with Crippen LogP contribution in [0.5, 0.6) is 0 Å². The Morgan fingerprint density at radius 2 is 2.22 bits per heavy atom. The van der Waals surface area contributed by atoms with Crippen LogP contribution in [0.25, 0.3) is 0 Å². The van der Waals surface area contributed by atoms with Crippen LogP contribution >= 0.6 is 0 Å². The van der Waals surface area contributed by atoms with Gasteiger partial charge < -0.3 is 10.8 Å². The molecular formula is C7H8NO. The van der Waals surface area contributed by atoms with E-state index in [0.29, 0.717) is 5.69 Å². The first-order valence-electron chi connectivity index (χ1n) is 2.74. The minimum absolute atomic E-state index is 0.0206. The molecule has 0 aliphatic carbocycles. The number of nitrogens with one attached hydrogen (secondary N) is 1. The van der Waals surface area contributed by atoms with Crippen molar-refractivity contribution in [3.8, 4) is 0 Å². The summed E-state index contributed by atoms with van der Waals surface area (Å²) < 4.78 is 0. The van der Waals surface area contributed by atoms with E-state index in [2.05, 4.69) is 0 Å². The van der Waals surface area contributed by atoms with Gasteiger partial charge in [-0.25, -0.2) is 0 Å². The summed E-state index contributed by atoms with van der Waals surface area (Å²) in [6.45, 7) is 0.0206. The van der Waals surface area contributed by atoms with Gasteiger partial charge in [-0.3, -0.25) is 0 Å². The molecule has 2 heteroatoms. The average molecular weight is 122 g/mol. The van der Waals surface area contributed by atoms with Gasteiger partial charge in [-0.2, -0.15) is 0 Å². The molecule has 0 aliphatic heterocycles. The maximum absolute atomic E-state index is 8.58. The molecule has 0 unspecified atom stereocenters. The molecule has 9 heavy (non-hydrogen) atoms. The largest absolute Gasteiger partial charge is 0.392 e. The van der Waals surface area contributed by atoms with Gasteiger partial charge in [-0.05, 0) is 17.7 Å². The van der Waals surface area contributed by atoms with E-state index in [1.54, 1.807) is 24.3 Å². The quantitative estimate of drug-likeness (QED) is 0.595. The van der Waals surface area contributed by atoms with Crippen molar-refractivity contribution in [2.75, 3.05) is 0 Å². The lowest BCUT2D eigenvalue weighted by molar-refractivity contribution is 0.282. The molecule has 2 nitrogen and oxygen atoms in total. The fourth-order valence-corrected chi connectivity index (χ4v) is 0.670. The number of hydrogen-bond acceptors (Lipinski definition) is 1. The topological polar surface area (TPSA) is 44.0 Å². The highest BCUT2D eigenvalue weighted by Crippen LogP contribution is 2.06. The van der Waals surface area contributed by atoms with E-state index in [1.165, 1.54) is 0 Å². The minimum Gasteiger partial charge on any atom is -0.392 e. The van der Waals surface area contributed by atoms with Crippen LogP contribution in [0.2, 0.25) is 0 Å². The zero-order chi connectivity index (χ0) is 6.69. The molecule has 0 spiro atoms. The first-order chi connectivity index (χ1) is 4.33. The van der Waals surface area contributed by atoms with Gasteiger partial charge in [-0.1, -0.05) is 12.1 Å². The molecule has 1 aromatic carbocycles. The predicted molar refractivity (Wildman–Crippen MR) is 35.1 cm³/mol. The Bertz CT molecular complexity index is 198. The van der Waals surface area contributed by atoms with Crippen molar-refractivity contribution in [2.24, 2.45) is 0 Å². The highest BCUT2D eigenvalue weighted by molar-refractivity contribution is 5.36. The van der Waals surface area contributed by atoms with Gasteiger partial charge in [0.1, 0.15) is 0 Å². The third-order valence-corrected chi connectivity index (χ3v) is 1.11. The van der Waals surface area contributed by atoms with E-state index in [0.717, 1.165) is 5.56 Å². The number of aliphatic hydroxyl groups excluding tert-OH is 1. The number of aliphatic hydroxyl groups is 1. The van der Waals surface area contributed by atoms with Crippen molar-refractivity contribution in [1.82, 2.24) is 5.73 Å². The van der Waals surface area contributed by atoms with Crippen LogP contribution in [0.15, 0.2) is 24.3 Å². The monoisotopic (exact) mass is 122 g/mol. The molecule has 0 atom stereocenters. The molecule has 0 aromatic heterocycles. The summed E-state index contributed by atoms with van der Waals surface area (Å²) in [4.78, 5) is 0. The Labute approximate surface area is 53.9 Å². The van der Waals surface area contributed by atoms with Crippen molar-refractivity contribution in [2.45, 2.75) is 6.61 Å². The van der Waals surface area contributed by atoms with E-state index < -0.39 is 0 Å². The fraction of sp³-hybridized carbons (Fsp3) is 0.143. The van der Waals surface area contributed by atoms with Crippen LogP contribution in [0.3, 0.4) is 0 Å². The Kier molecular flexibility index (Phi) is 1.70. The van der Waals surface area contributed by atoms with E-state index >= 15 is 0 Å². The van der Waals surface area contributed by atoms with Gasteiger partial charge in [0.2, 0.25) is 0 Å². The third-order valence-electron chi connectivity index (χ3n) is 1.11. The van der Waals surface area contributed by atoms with Crippen molar-refractivity contribution in [3.63, 3.8) is 0 Å². The van der Waals surface area contributed by atoms with Crippen LogP contribution in [0, 0.1) is 0 Å². The average Bonchev–Trinajstić information content (AvgIpc) is 1.88. The predicted octanol–water partition coefficient (Wildman–Crippen LogP) is 1.09. The molecule has 47 valence electrons. The van der Waals surface area contributed by atoms with Crippen LogP contribution in [0.1, 0.15) is 5.56 Å². The second-order valence-corrected chi connectivity index (χ2v) is 1.86. The van der Waals surface area contributed by atoms with E-state index in [1.807, 2.05) is 0 Å². The Balaban J connectivity index is 2.94. The van der Waals surface area contributed by atoms with Gasteiger partial charge in [0.25, 0.3) is 0 Å². The highest BCUT2D eigenvalue weighted by Gasteiger charge is 1.88. The number of rotatable bonds is 1. The lowest BCUT2D eigenvalue weighted by Gasteiger charge is -1.93. The molecule has 2 N–H and O–H groups in total. The van der Waals surface area contributed by atoms with E-state index in [-0.39, 0.29) is 6.61 Å². The van der Waals surface area contributed by atoms with Crippen LogP contribution < -0.4 is 5.73 Å². The maximum atomic E-state index is 8.58. The van der Waals surface area contributed by atoms with Crippen molar-refractivity contribution < 1.29 is 5.11 Å². The lowest BCUT2D eigenvalue weighted by Crippen LogP contribution is -1.80. The van der Waals surface area contributed by atoms with Crippen LogP contribution in [0.4, 0.5) is 5.69 Å². The van der Waals surface area contributed by atoms with Gasteiger partial charge in [0, 0.05) is 0 Å². The summed E-state index contributed by atoms with van der Waals surface area (Å²) in [5.41, 5.74) is 8.37. The summed E-state index contributed by atoms with van der Waals surface area (Å²) in [6, 6.07) is 6.87. The van der Waals surface area contributed by atoms with Crippen molar-refractivity contribution in [1.29, 1.82) is 0 Å². The number of benzene rings is 1. The maximum Gasteiger partial charge on any atom is 0.0682 e. The molecule has 0 saturated heterocycles. The van der Waals surface area contributed by atoms with Crippen LogP contribution in [-0.4, -0.2) is 5.11 Å². The normalized spacial score (nSPS) is 9.44. The molecule has 0 amide bonds. The third kappa shape index (κ3) is 1.44. The molecule has 1 rings (SSSR count). The molecule has 0 heterocycles. The summed E-state index contributed by atoms with van der Waals surface area (Å²) in [5.74, 6) is 0. The summed E-state index contributed by atoms with van der Waals surface area (Å²) in [5, 5.41) is 8.58. The Morgan fingerprint density at radius 1 is 1.44 bits per heavy atom. The fourth-order valence-electron chi connectivity index (χ4n) is 0.670. The first kappa shape index (κ1) is 6.11. The van der Waals surface area contributed by atoms with Crippen LogP contribution in [-0.2, 0) is 6.61 Å². The molecule has 1 aromatic rings. The van der Waals surface area contributed by atoms with Gasteiger partial charge in [-0.15, -0.1) is 0 Å². The van der Waals surface area contributed by atoms with Gasteiger partial charge in [0.05, 0.1) is 12.3 Å². The second-order valence-electron chi connectivity index (χ2n) is 1.86. The minimum atomic E-state index is 0.0206. The van der Waals surface area contributed by atoms with Gasteiger partial charge in [0.15, 0.2) is 0 Å². The molecule has 0 aliphatic rings. The lowest BCUT2D eigenvalue weighted by atomic mass is 10.2. The summed E-state index contributed by atoms with van der Waals surface area (Å²) in [7, 11) is 0. The second kappa shape index (κ2) is 2.51. The molecule has 1 radical (unpaired) electrons. The summed E-state index contributed by atoms with van der Waals surface area (Å²) >= 11 is 0. The summed E-state index contributed by atoms with van der Waals surface area (Å²) in [6.07, 6.45) is 0. The first-order valence-corrected chi connectivity index (χ1v) is 2.74. The number of hydrogen-bond donors (Lipinski definition) is 1. The smallest absolute Gasteiger partial charge is 0.0682 e. The molecule has 0 fully saturated rings. The van der Waals surface area contributed by atoms with Gasteiger partial charge >= 0.3 is 0 Å². The molecule has 0 bridgehead atoms. The molecule has 0 saturated carbocycles. The van der Waals surface area contributed by atoms with E-state index in [9.17, 15) is 0 Å². The highest BCUT2D eigenvalue weighted by atomic mass is 16.3. The standard InChI is InChI=1S/C7H8NO/c8-7-3-1-2-6(4-7)5-9/h1-4,8-9H,5H2. The zero-order valence-corrected chi connectivity index (χ0v) is 4.96. The molecular weight excluding hydrogens is 114 g/mol.